The molecule has 5 rings (SSSR count). The Labute approximate surface area is 169 Å². The summed E-state index contributed by atoms with van der Waals surface area (Å²) in [7, 11) is 0. The van der Waals surface area contributed by atoms with E-state index in [1.54, 1.807) is 4.90 Å². The number of H-pyrrole nitrogens is 1. The van der Waals surface area contributed by atoms with Crippen molar-refractivity contribution in [2.75, 3.05) is 4.90 Å². The molecule has 29 heavy (non-hydrogen) atoms. The van der Waals surface area contributed by atoms with Gasteiger partial charge in [-0.1, -0.05) is 66.2 Å². The number of aryl methyl sites for hydroxylation is 2. The fourth-order valence-corrected chi connectivity index (χ4v) is 4.45. The molecule has 0 spiro atoms. The summed E-state index contributed by atoms with van der Waals surface area (Å²) in [6.07, 6.45) is 0. The summed E-state index contributed by atoms with van der Waals surface area (Å²) in [5.74, 6) is -0.313. The van der Waals surface area contributed by atoms with Crippen molar-refractivity contribution in [3.63, 3.8) is 0 Å². The summed E-state index contributed by atoms with van der Waals surface area (Å²) in [6, 6.07) is 23.5. The molecule has 4 heteroatoms. The molecule has 1 amide bonds. The van der Waals surface area contributed by atoms with Crippen molar-refractivity contribution in [2.24, 2.45) is 0 Å². The quantitative estimate of drug-likeness (QED) is 0.545. The van der Waals surface area contributed by atoms with Crippen molar-refractivity contribution in [2.45, 2.75) is 26.0 Å². The highest BCUT2D eigenvalue weighted by molar-refractivity contribution is 6.11. The molecule has 2 N–H and O–H groups in total. The van der Waals surface area contributed by atoms with Gasteiger partial charge in [0.15, 0.2) is 5.60 Å². The molecular weight excluding hydrogens is 360 g/mol. The number of anilines is 1. The summed E-state index contributed by atoms with van der Waals surface area (Å²) in [5, 5.41) is 12.8. The Morgan fingerprint density at radius 3 is 2.41 bits per heavy atom. The summed E-state index contributed by atoms with van der Waals surface area (Å²) in [4.78, 5) is 18.7. The normalized spacial score (nSPS) is 18.4. The number of nitrogens with one attached hydrogen (secondary N) is 1. The number of carbonyl (C=O) groups is 1. The van der Waals surface area contributed by atoms with Crippen LogP contribution in [0.3, 0.4) is 0 Å². The average Bonchev–Trinajstić information content (AvgIpc) is 3.17. The lowest BCUT2D eigenvalue weighted by molar-refractivity contribution is -0.132. The fraction of sp³-hybridized carbons (Fsp3) is 0.160. The van der Waals surface area contributed by atoms with Crippen LogP contribution in [0.25, 0.3) is 10.9 Å². The van der Waals surface area contributed by atoms with Crippen LogP contribution in [0.5, 0.6) is 0 Å². The van der Waals surface area contributed by atoms with Crippen LogP contribution in [0.1, 0.15) is 27.9 Å². The average molecular weight is 382 g/mol. The largest absolute Gasteiger partial charge is 0.372 e. The van der Waals surface area contributed by atoms with E-state index < -0.39 is 5.60 Å². The summed E-state index contributed by atoms with van der Waals surface area (Å²) < 4.78 is 0. The molecule has 0 radical (unpaired) electrons. The molecule has 4 aromatic rings. The van der Waals surface area contributed by atoms with Gasteiger partial charge in [0.1, 0.15) is 0 Å². The van der Waals surface area contributed by atoms with Gasteiger partial charge in [-0.25, -0.2) is 0 Å². The highest BCUT2D eigenvalue weighted by atomic mass is 16.3. The molecule has 0 bridgehead atoms. The number of nitrogens with zero attached hydrogens (tertiary/aromatic N) is 1. The highest BCUT2D eigenvalue weighted by Crippen LogP contribution is 2.47. The Bertz CT molecular complexity index is 1240. The number of amides is 1. The first-order valence-electron chi connectivity index (χ1n) is 9.77. The third-order valence-electron chi connectivity index (χ3n) is 5.86. The number of aromatic nitrogens is 1. The molecule has 1 aromatic heterocycles. The Morgan fingerprint density at radius 1 is 0.931 bits per heavy atom. The molecular formula is C25H22N2O2. The van der Waals surface area contributed by atoms with Crippen molar-refractivity contribution in [3.05, 3.63) is 101 Å². The fourth-order valence-electron chi connectivity index (χ4n) is 4.45. The number of rotatable bonds is 3. The topological polar surface area (TPSA) is 56.3 Å². The number of fused-ring (bicyclic) bond motifs is 2. The summed E-state index contributed by atoms with van der Waals surface area (Å²) >= 11 is 0. The van der Waals surface area contributed by atoms with Crippen molar-refractivity contribution in [1.82, 2.24) is 4.98 Å². The van der Waals surface area contributed by atoms with Crippen LogP contribution < -0.4 is 4.90 Å². The van der Waals surface area contributed by atoms with E-state index in [0.29, 0.717) is 17.7 Å². The molecule has 0 saturated carbocycles. The van der Waals surface area contributed by atoms with Crippen LogP contribution >= 0.6 is 0 Å². The second-order valence-electron chi connectivity index (χ2n) is 7.78. The Morgan fingerprint density at radius 2 is 1.62 bits per heavy atom. The maximum absolute atomic E-state index is 13.7. The van der Waals surface area contributed by atoms with Crippen LogP contribution in [0.15, 0.2) is 72.8 Å². The number of hydrogen-bond donors (Lipinski definition) is 2. The van der Waals surface area contributed by atoms with Crippen molar-refractivity contribution in [1.29, 1.82) is 0 Å². The highest BCUT2D eigenvalue weighted by Gasteiger charge is 2.52. The zero-order chi connectivity index (χ0) is 20.2. The number of carbonyl (C=O) groups excluding carboxylic acids is 1. The maximum atomic E-state index is 13.7. The van der Waals surface area contributed by atoms with Gasteiger partial charge in [0.2, 0.25) is 0 Å². The van der Waals surface area contributed by atoms with Gasteiger partial charge in [-0.3, -0.25) is 4.79 Å². The lowest BCUT2D eigenvalue weighted by Gasteiger charge is -2.24. The van der Waals surface area contributed by atoms with E-state index >= 15 is 0 Å². The minimum absolute atomic E-state index is 0.313. The third kappa shape index (κ3) is 2.53. The molecule has 3 aromatic carbocycles. The van der Waals surface area contributed by atoms with Crippen LogP contribution in [-0.4, -0.2) is 16.0 Å². The molecule has 0 saturated heterocycles. The maximum Gasteiger partial charge on any atom is 0.268 e. The predicted octanol–water partition coefficient (Wildman–Crippen LogP) is 4.57. The van der Waals surface area contributed by atoms with Gasteiger partial charge < -0.3 is 15.0 Å². The molecule has 0 aliphatic carbocycles. The molecule has 4 nitrogen and oxygen atoms in total. The minimum Gasteiger partial charge on any atom is -0.372 e. The molecule has 1 aliphatic rings. The monoisotopic (exact) mass is 382 g/mol. The van der Waals surface area contributed by atoms with E-state index in [-0.39, 0.29) is 5.91 Å². The van der Waals surface area contributed by atoms with Crippen molar-refractivity contribution < 1.29 is 9.90 Å². The van der Waals surface area contributed by atoms with E-state index in [1.807, 2.05) is 86.6 Å². The molecule has 2 heterocycles. The third-order valence-corrected chi connectivity index (χ3v) is 5.86. The van der Waals surface area contributed by atoms with E-state index in [1.165, 1.54) is 5.56 Å². The van der Waals surface area contributed by atoms with Gasteiger partial charge in [0.25, 0.3) is 5.91 Å². The van der Waals surface area contributed by atoms with Crippen molar-refractivity contribution >= 4 is 22.5 Å². The van der Waals surface area contributed by atoms with Gasteiger partial charge in [0, 0.05) is 27.7 Å². The summed E-state index contributed by atoms with van der Waals surface area (Å²) in [5.41, 5.74) is 4.22. The van der Waals surface area contributed by atoms with Crippen molar-refractivity contribution in [3.8, 4) is 0 Å². The molecule has 1 aliphatic heterocycles. The van der Waals surface area contributed by atoms with Crippen LogP contribution in [0.4, 0.5) is 5.69 Å². The standard InChI is InChI=1S/C25H22N2O2/c1-16-11-13-18(14-12-16)15-27-22-10-6-4-8-20(22)25(29,24(27)28)23-17(2)26-21-9-5-3-7-19(21)23/h3-14,26,29H,15H2,1-2H3. The smallest absolute Gasteiger partial charge is 0.268 e. The van der Waals surface area contributed by atoms with Crippen LogP contribution in [-0.2, 0) is 16.9 Å². The van der Waals surface area contributed by atoms with Gasteiger partial charge in [-0.2, -0.15) is 0 Å². The van der Waals surface area contributed by atoms with Gasteiger partial charge in [-0.05, 0) is 31.5 Å². The zero-order valence-corrected chi connectivity index (χ0v) is 16.4. The van der Waals surface area contributed by atoms with E-state index in [2.05, 4.69) is 4.98 Å². The lowest BCUT2D eigenvalue weighted by Crippen LogP contribution is -2.41. The number of aliphatic hydroxyl groups is 1. The molecule has 144 valence electrons. The first-order valence-corrected chi connectivity index (χ1v) is 9.77. The second-order valence-corrected chi connectivity index (χ2v) is 7.78. The minimum atomic E-state index is -1.72. The molecule has 0 fully saturated rings. The Balaban J connectivity index is 1.69. The van der Waals surface area contributed by atoms with Crippen LogP contribution in [0.2, 0.25) is 0 Å². The number of para-hydroxylation sites is 2. The first kappa shape index (κ1) is 17.7. The first-order chi connectivity index (χ1) is 14.0. The lowest BCUT2D eigenvalue weighted by atomic mass is 9.85. The van der Waals surface area contributed by atoms with E-state index in [9.17, 15) is 9.90 Å². The van der Waals surface area contributed by atoms with Gasteiger partial charge >= 0.3 is 0 Å². The Kier molecular flexibility index (Phi) is 3.86. The van der Waals surface area contributed by atoms with Gasteiger partial charge in [0.05, 0.1) is 12.2 Å². The SMILES string of the molecule is Cc1ccc(CN2C(=O)C(O)(c3c(C)[nH]c4ccccc34)c3ccccc32)cc1. The Hall–Kier alpha value is -3.37. The zero-order valence-electron chi connectivity index (χ0n) is 16.4. The second kappa shape index (κ2) is 6.33. The molecule has 1 atom stereocenters. The predicted molar refractivity (Wildman–Crippen MR) is 115 cm³/mol. The number of benzene rings is 3. The summed E-state index contributed by atoms with van der Waals surface area (Å²) in [6.45, 7) is 4.37. The van der Waals surface area contributed by atoms with Crippen LogP contribution in [0, 0.1) is 13.8 Å². The number of aromatic amines is 1. The van der Waals surface area contributed by atoms with E-state index in [4.69, 9.17) is 0 Å². The molecule has 1 unspecified atom stereocenters. The number of hydrogen-bond acceptors (Lipinski definition) is 2. The van der Waals surface area contributed by atoms with E-state index in [0.717, 1.165) is 27.8 Å². The van der Waals surface area contributed by atoms with Gasteiger partial charge in [-0.15, -0.1) is 0 Å².